The van der Waals surface area contributed by atoms with Crippen LogP contribution < -0.4 is 0 Å². The minimum Gasteiger partial charge on any atom is -0.759 e. The molecular formula is CoMoO12S3. The fourth-order valence-corrected chi connectivity index (χ4v) is 0. The van der Waals surface area contributed by atoms with Gasteiger partial charge < -0.3 is 27.3 Å². The van der Waals surface area contributed by atoms with E-state index < -0.39 is 31.2 Å². The molecule has 1 radical (unpaired) electrons. The maximum Gasteiger partial charge on any atom is 4.00 e. The first-order valence-corrected chi connectivity index (χ1v) is 6.00. The van der Waals surface area contributed by atoms with Crippen LogP contribution in [0.1, 0.15) is 0 Å². The molecule has 105 valence electrons. The van der Waals surface area contributed by atoms with Crippen LogP contribution in [-0.4, -0.2) is 52.6 Å². The average Bonchev–Trinajstić information content (AvgIpc) is 1.41. The summed E-state index contributed by atoms with van der Waals surface area (Å²) in [6, 6.07) is 0. The maximum atomic E-state index is 8.52. The van der Waals surface area contributed by atoms with Crippen molar-refractivity contribution >= 4 is 31.2 Å². The van der Waals surface area contributed by atoms with Crippen LogP contribution in [0.25, 0.3) is 0 Å². The Morgan fingerprint density at radius 2 is 0.471 bits per heavy atom. The molecule has 0 spiro atoms. The Bertz CT molecular complexity index is 343. The van der Waals surface area contributed by atoms with Crippen LogP contribution in [0, 0.1) is 0 Å². The van der Waals surface area contributed by atoms with Crippen LogP contribution in [-0.2, 0) is 69.0 Å². The van der Waals surface area contributed by atoms with E-state index in [4.69, 9.17) is 52.6 Å². The molecule has 0 rings (SSSR count). The molecule has 0 fully saturated rings. The SMILES string of the molecule is O=S(=O)([O-])[O-].O=S(=O)([O-])[O-].O=S(=O)([O-])[O-].[Co+2].[Mo+4]. The summed E-state index contributed by atoms with van der Waals surface area (Å²) in [4.78, 5) is 0. The summed E-state index contributed by atoms with van der Waals surface area (Å²) in [5.74, 6) is 0. The van der Waals surface area contributed by atoms with E-state index in [2.05, 4.69) is 0 Å². The molecule has 17 heavy (non-hydrogen) atoms. The van der Waals surface area contributed by atoms with Gasteiger partial charge in [0.2, 0.25) is 0 Å². The van der Waals surface area contributed by atoms with Gasteiger partial charge in [-0.05, 0) is 0 Å². The predicted molar refractivity (Wildman–Crippen MR) is 31.4 cm³/mol. The van der Waals surface area contributed by atoms with Crippen molar-refractivity contribution in [3.63, 3.8) is 0 Å². The van der Waals surface area contributed by atoms with Crippen molar-refractivity contribution in [2.24, 2.45) is 0 Å². The summed E-state index contributed by atoms with van der Waals surface area (Å²) in [5.41, 5.74) is 0. The Hall–Kier alpha value is 0.805. The smallest absolute Gasteiger partial charge is 0.759 e. The fraction of sp³-hybridized carbons (Fsp3) is 0. The van der Waals surface area contributed by atoms with E-state index in [0.29, 0.717) is 0 Å². The topological polar surface area (TPSA) is 241 Å². The zero-order valence-electron chi connectivity index (χ0n) is 6.87. The summed E-state index contributed by atoms with van der Waals surface area (Å²) in [6.07, 6.45) is 0. The Labute approximate surface area is 121 Å². The normalized spacial score (nSPS) is 10.2. The van der Waals surface area contributed by atoms with E-state index in [0.717, 1.165) is 0 Å². The van der Waals surface area contributed by atoms with Gasteiger partial charge in [-0.2, -0.15) is 0 Å². The summed E-state index contributed by atoms with van der Waals surface area (Å²) >= 11 is 0. The van der Waals surface area contributed by atoms with E-state index in [1.165, 1.54) is 0 Å². The van der Waals surface area contributed by atoms with Crippen molar-refractivity contribution in [3.05, 3.63) is 0 Å². The van der Waals surface area contributed by atoms with Gasteiger partial charge in [0, 0.05) is 31.2 Å². The molecular weight excluding hydrogens is 443 g/mol. The molecule has 12 nitrogen and oxygen atoms in total. The van der Waals surface area contributed by atoms with E-state index >= 15 is 0 Å². The van der Waals surface area contributed by atoms with E-state index in [-0.39, 0.29) is 37.8 Å². The Kier molecular flexibility index (Phi) is 21.4. The van der Waals surface area contributed by atoms with Crippen molar-refractivity contribution < 1.29 is 90.4 Å². The average molecular weight is 443 g/mol. The van der Waals surface area contributed by atoms with Gasteiger partial charge in [-0.3, -0.25) is 25.3 Å². The molecule has 0 saturated carbocycles. The third-order valence-corrected chi connectivity index (χ3v) is 0. The quantitative estimate of drug-likeness (QED) is 0.197. The summed E-state index contributed by atoms with van der Waals surface area (Å²) in [5, 5.41) is 0. The van der Waals surface area contributed by atoms with Crippen molar-refractivity contribution in [2.45, 2.75) is 0 Å². The van der Waals surface area contributed by atoms with Crippen LogP contribution in [0.4, 0.5) is 0 Å². The van der Waals surface area contributed by atoms with Crippen LogP contribution in [0.3, 0.4) is 0 Å². The largest absolute Gasteiger partial charge is 4.00 e. The van der Waals surface area contributed by atoms with Gasteiger partial charge in [0.15, 0.2) is 0 Å². The predicted octanol–water partition coefficient (Wildman–Crippen LogP) is -4.02. The van der Waals surface area contributed by atoms with Crippen molar-refractivity contribution in [1.29, 1.82) is 0 Å². The molecule has 0 amide bonds. The number of hydrogen-bond donors (Lipinski definition) is 0. The fourth-order valence-electron chi connectivity index (χ4n) is 0. The van der Waals surface area contributed by atoms with Crippen molar-refractivity contribution in [2.75, 3.05) is 0 Å². The van der Waals surface area contributed by atoms with Crippen LogP contribution in [0.15, 0.2) is 0 Å². The number of rotatable bonds is 0. The molecule has 0 bridgehead atoms. The van der Waals surface area contributed by atoms with E-state index in [1.807, 2.05) is 0 Å². The molecule has 0 aromatic heterocycles. The van der Waals surface area contributed by atoms with Crippen LogP contribution in [0.5, 0.6) is 0 Å². The Balaban J connectivity index is -0.0000000400. The van der Waals surface area contributed by atoms with Gasteiger partial charge in [-0.15, -0.1) is 0 Å². The van der Waals surface area contributed by atoms with Gasteiger partial charge >= 0.3 is 37.8 Å². The second-order valence-corrected chi connectivity index (χ2v) is 3.67. The molecule has 0 unspecified atom stereocenters. The second kappa shape index (κ2) is 11.9. The monoisotopic (exact) mass is 445 g/mol. The summed E-state index contributed by atoms with van der Waals surface area (Å²) < 4.78 is 102. The molecule has 0 aromatic carbocycles. The first-order chi connectivity index (χ1) is 6.00. The zero-order chi connectivity index (χ0) is 13.5. The minimum atomic E-state index is -5.17. The van der Waals surface area contributed by atoms with Gasteiger partial charge in [0.25, 0.3) is 0 Å². The van der Waals surface area contributed by atoms with Gasteiger partial charge in [0.1, 0.15) is 0 Å². The van der Waals surface area contributed by atoms with Crippen molar-refractivity contribution in [3.8, 4) is 0 Å². The van der Waals surface area contributed by atoms with Crippen LogP contribution >= 0.6 is 0 Å². The first-order valence-electron chi connectivity index (χ1n) is 2.00. The first kappa shape index (κ1) is 30.7. The molecule has 0 saturated heterocycles. The summed E-state index contributed by atoms with van der Waals surface area (Å²) in [7, 11) is -15.5. The molecule has 17 heteroatoms. The van der Waals surface area contributed by atoms with E-state index in [9.17, 15) is 0 Å². The molecule has 0 heterocycles. The zero-order valence-corrected chi connectivity index (χ0v) is 12.4. The van der Waals surface area contributed by atoms with Crippen molar-refractivity contribution in [1.82, 2.24) is 0 Å². The molecule has 0 atom stereocenters. The molecule has 0 aliphatic rings. The van der Waals surface area contributed by atoms with Gasteiger partial charge in [0.05, 0.1) is 0 Å². The minimum absolute atomic E-state index is 0. The van der Waals surface area contributed by atoms with Gasteiger partial charge in [-0.25, -0.2) is 0 Å². The van der Waals surface area contributed by atoms with Gasteiger partial charge in [-0.1, -0.05) is 0 Å². The number of hydrogen-bond acceptors (Lipinski definition) is 12. The second-order valence-electron chi connectivity index (χ2n) is 1.22. The molecule has 0 aromatic rings. The molecule has 0 aliphatic carbocycles. The third kappa shape index (κ3) is 5690. The molecule has 0 N–H and O–H groups in total. The van der Waals surface area contributed by atoms with E-state index in [1.54, 1.807) is 0 Å². The summed E-state index contributed by atoms with van der Waals surface area (Å²) in [6.45, 7) is 0. The Morgan fingerprint density at radius 1 is 0.471 bits per heavy atom. The molecule has 0 aliphatic heterocycles. The third-order valence-electron chi connectivity index (χ3n) is 0. The maximum absolute atomic E-state index is 8.52. The van der Waals surface area contributed by atoms with Crippen LogP contribution in [0.2, 0.25) is 0 Å². The Morgan fingerprint density at radius 3 is 0.471 bits per heavy atom. The standard InChI is InChI=1S/Co.Mo.3H2O4S/c;;3*1-5(2,3)4/h;;3*(H2,1,2,3,4)/q+2;+4;;;/p-6.